The zero-order valence-electron chi connectivity index (χ0n) is 12.8. The maximum Gasteiger partial charge on any atom is 0.314 e. The van der Waals surface area contributed by atoms with E-state index < -0.39 is 39.0 Å². The molecule has 0 radical (unpaired) electrons. The summed E-state index contributed by atoms with van der Waals surface area (Å²) in [5.74, 6) is -2.16. The summed E-state index contributed by atoms with van der Waals surface area (Å²) in [5, 5.41) is 18.6. The van der Waals surface area contributed by atoms with Crippen molar-refractivity contribution in [2.75, 3.05) is 6.61 Å². The summed E-state index contributed by atoms with van der Waals surface area (Å²) in [6, 6.07) is 12.3. The lowest BCUT2D eigenvalue weighted by atomic mass is 10.0. The molecule has 2 aromatic carbocycles. The zero-order valence-corrected chi connectivity index (χ0v) is 15.9. The Kier molecular flexibility index (Phi) is 4.70. The van der Waals surface area contributed by atoms with E-state index in [1.54, 1.807) is 24.3 Å². The van der Waals surface area contributed by atoms with Gasteiger partial charge in [-0.3, -0.25) is 4.79 Å². The number of hydrogen-bond acceptors (Lipinski definition) is 4. The van der Waals surface area contributed by atoms with E-state index in [4.69, 9.17) is 11.6 Å². The monoisotopic (exact) mass is 444 g/mol. The van der Waals surface area contributed by atoms with Crippen LogP contribution in [0, 0.1) is 5.41 Å². The van der Waals surface area contributed by atoms with E-state index in [0.717, 1.165) is 4.47 Å². The molecule has 3 atom stereocenters. The van der Waals surface area contributed by atoms with Gasteiger partial charge in [0.2, 0.25) is 0 Å². The largest absolute Gasteiger partial charge is 0.481 e. The van der Waals surface area contributed by atoms with Crippen molar-refractivity contribution in [2.24, 2.45) is 5.41 Å². The molecule has 2 aromatic rings. The maximum atomic E-state index is 13.0. The third-order valence-electron chi connectivity index (χ3n) is 4.62. The summed E-state index contributed by atoms with van der Waals surface area (Å²) in [6.45, 7) is -0.763. The van der Waals surface area contributed by atoms with Gasteiger partial charge < -0.3 is 10.2 Å². The summed E-state index contributed by atoms with van der Waals surface area (Å²) in [5.41, 5.74) is -1.20. The molecule has 3 unspecified atom stereocenters. The molecule has 0 aliphatic heterocycles. The summed E-state index contributed by atoms with van der Waals surface area (Å²) in [6.07, 6.45) is 0. The van der Waals surface area contributed by atoms with Gasteiger partial charge >= 0.3 is 5.97 Å². The van der Waals surface area contributed by atoms with Crippen LogP contribution >= 0.6 is 27.5 Å². The minimum Gasteiger partial charge on any atom is -0.481 e. The minimum absolute atomic E-state index is 0.0133. The summed E-state index contributed by atoms with van der Waals surface area (Å²) < 4.78 is 26.8. The average molecular weight is 446 g/mol. The standard InChI is InChI=1S/C17H14BrClO5S/c18-11-3-1-10(2-4-11)14-15(17(14,9-20)16(21)22)25(23,24)13-7-5-12(19)6-8-13/h1-8,14-15,20H,9H2,(H,21,22). The van der Waals surface area contributed by atoms with Crippen molar-refractivity contribution in [3.8, 4) is 0 Å². The van der Waals surface area contributed by atoms with Crippen LogP contribution in [0.5, 0.6) is 0 Å². The SMILES string of the molecule is O=C(O)C1(CO)C(c2ccc(Br)cc2)C1S(=O)(=O)c1ccc(Cl)cc1. The summed E-state index contributed by atoms with van der Waals surface area (Å²) >= 11 is 9.09. The lowest BCUT2D eigenvalue weighted by molar-refractivity contribution is -0.145. The number of benzene rings is 2. The molecule has 0 amide bonds. The normalized spacial score (nSPS) is 25.6. The molecule has 0 heterocycles. The smallest absolute Gasteiger partial charge is 0.314 e. The maximum absolute atomic E-state index is 13.0. The first-order valence-corrected chi connectivity index (χ1v) is 10.1. The van der Waals surface area contributed by atoms with Crippen molar-refractivity contribution in [1.82, 2.24) is 0 Å². The first-order chi connectivity index (χ1) is 11.7. The van der Waals surface area contributed by atoms with Crippen molar-refractivity contribution >= 4 is 43.3 Å². The Hall–Kier alpha value is -1.41. The first kappa shape index (κ1) is 18.4. The van der Waals surface area contributed by atoms with Crippen LogP contribution in [0.4, 0.5) is 0 Å². The van der Waals surface area contributed by atoms with E-state index in [1.807, 2.05) is 0 Å². The number of carboxylic acids is 1. The second kappa shape index (κ2) is 6.39. The van der Waals surface area contributed by atoms with Crippen LogP contribution in [0.25, 0.3) is 0 Å². The Bertz CT molecular complexity index is 911. The van der Waals surface area contributed by atoms with Gasteiger partial charge in [0, 0.05) is 15.4 Å². The summed E-state index contributed by atoms with van der Waals surface area (Å²) in [4.78, 5) is 11.8. The lowest BCUT2D eigenvalue weighted by Crippen LogP contribution is -2.27. The highest BCUT2D eigenvalue weighted by atomic mass is 79.9. The second-order valence-electron chi connectivity index (χ2n) is 5.95. The van der Waals surface area contributed by atoms with E-state index in [1.165, 1.54) is 24.3 Å². The number of sulfone groups is 1. The lowest BCUT2D eigenvalue weighted by Gasteiger charge is -2.09. The second-order valence-corrected chi connectivity index (χ2v) is 9.37. The van der Waals surface area contributed by atoms with Crippen LogP contribution in [0.3, 0.4) is 0 Å². The molecule has 1 fully saturated rings. The van der Waals surface area contributed by atoms with Crippen LogP contribution in [-0.2, 0) is 14.6 Å². The summed E-state index contributed by atoms with van der Waals surface area (Å²) in [7, 11) is -3.97. The molecule has 1 aliphatic rings. The Balaban J connectivity index is 2.10. The average Bonchev–Trinajstić information content (AvgIpc) is 3.27. The fraction of sp³-hybridized carbons (Fsp3) is 0.235. The third-order valence-corrected chi connectivity index (χ3v) is 7.69. The molecular weight excluding hydrogens is 432 g/mol. The van der Waals surface area contributed by atoms with Crippen molar-refractivity contribution in [1.29, 1.82) is 0 Å². The van der Waals surface area contributed by atoms with E-state index in [9.17, 15) is 23.4 Å². The highest BCUT2D eigenvalue weighted by Crippen LogP contribution is 2.64. The van der Waals surface area contributed by atoms with Gasteiger partial charge in [0.25, 0.3) is 0 Å². The molecule has 0 spiro atoms. The molecule has 132 valence electrons. The van der Waals surface area contributed by atoms with E-state index >= 15 is 0 Å². The van der Waals surface area contributed by atoms with Crippen molar-refractivity contribution in [3.05, 3.63) is 63.6 Å². The molecule has 1 aliphatic carbocycles. The molecule has 5 nitrogen and oxygen atoms in total. The van der Waals surface area contributed by atoms with Gasteiger partial charge in [-0.2, -0.15) is 0 Å². The van der Waals surface area contributed by atoms with Crippen molar-refractivity contribution in [2.45, 2.75) is 16.1 Å². The molecule has 8 heteroatoms. The quantitative estimate of drug-likeness (QED) is 0.738. The number of halogens is 2. The van der Waals surface area contributed by atoms with Gasteiger partial charge in [0.1, 0.15) is 5.41 Å². The Morgan fingerprint density at radius 2 is 1.68 bits per heavy atom. The molecule has 2 N–H and O–H groups in total. The Labute approximate surface area is 158 Å². The van der Waals surface area contributed by atoms with E-state index in [0.29, 0.717) is 10.6 Å². The van der Waals surface area contributed by atoms with Gasteiger partial charge in [-0.15, -0.1) is 0 Å². The predicted molar refractivity (Wildman–Crippen MR) is 96.5 cm³/mol. The number of aliphatic hydroxyl groups excluding tert-OH is 1. The van der Waals surface area contributed by atoms with Crippen LogP contribution < -0.4 is 0 Å². The van der Waals surface area contributed by atoms with Gasteiger partial charge in [-0.1, -0.05) is 39.7 Å². The number of rotatable bonds is 5. The number of aliphatic hydroxyl groups is 1. The fourth-order valence-electron chi connectivity index (χ4n) is 3.28. The molecular formula is C17H14BrClO5S. The molecule has 0 aromatic heterocycles. The van der Waals surface area contributed by atoms with Crippen LogP contribution in [0.2, 0.25) is 5.02 Å². The highest BCUT2D eigenvalue weighted by molar-refractivity contribution is 9.10. The van der Waals surface area contributed by atoms with Gasteiger partial charge in [0.05, 0.1) is 16.8 Å². The molecule has 1 saturated carbocycles. The molecule has 25 heavy (non-hydrogen) atoms. The van der Waals surface area contributed by atoms with Gasteiger partial charge in [-0.25, -0.2) is 8.42 Å². The minimum atomic E-state index is -3.97. The third kappa shape index (κ3) is 2.89. The number of carboxylic acid groups (broad SMARTS) is 1. The van der Waals surface area contributed by atoms with Crippen LogP contribution in [0.1, 0.15) is 11.5 Å². The fourth-order valence-corrected chi connectivity index (χ4v) is 6.04. The van der Waals surface area contributed by atoms with Crippen molar-refractivity contribution < 1.29 is 23.4 Å². The number of carbonyl (C=O) groups is 1. The van der Waals surface area contributed by atoms with Crippen LogP contribution in [0.15, 0.2) is 57.9 Å². The number of hydrogen-bond donors (Lipinski definition) is 2. The van der Waals surface area contributed by atoms with Crippen molar-refractivity contribution in [3.63, 3.8) is 0 Å². The Morgan fingerprint density at radius 3 is 2.16 bits per heavy atom. The molecule has 3 rings (SSSR count). The first-order valence-electron chi connectivity index (χ1n) is 7.34. The molecule has 0 saturated heterocycles. The highest BCUT2D eigenvalue weighted by Gasteiger charge is 2.75. The topological polar surface area (TPSA) is 91.7 Å². The van der Waals surface area contributed by atoms with Crippen LogP contribution in [-0.4, -0.2) is 36.5 Å². The Morgan fingerprint density at radius 1 is 1.12 bits per heavy atom. The zero-order chi connectivity index (χ0) is 18.4. The van der Waals surface area contributed by atoms with E-state index in [2.05, 4.69) is 15.9 Å². The predicted octanol–water partition coefficient (Wildman–Crippen LogP) is 3.11. The molecule has 0 bridgehead atoms. The van der Waals surface area contributed by atoms with Gasteiger partial charge in [0.15, 0.2) is 9.84 Å². The number of aliphatic carboxylic acids is 1. The van der Waals surface area contributed by atoms with E-state index in [-0.39, 0.29) is 4.90 Å². The van der Waals surface area contributed by atoms with Gasteiger partial charge in [-0.05, 0) is 42.0 Å².